The summed E-state index contributed by atoms with van der Waals surface area (Å²) in [4.78, 5) is 0. The van der Waals surface area contributed by atoms with E-state index in [9.17, 15) is 13.2 Å². The summed E-state index contributed by atoms with van der Waals surface area (Å²) in [6.45, 7) is 10.7. The quantitative estimate of drug-likeness (QED) is 0.150. The molecule has 3 aromatic heterocycles. The Balaban J connectivity index is 1.59. The van der Waals surface area contributed by atoms with Crippen molar-refractivity contribution < 1.29 is 26.7 Å². The molecule has 1 aliphatic carbocycles. The molecule has 226 valence electrons. The van der Waals surface area contributed by atoms with E-state index in [0.29, 0.717) is 29.8 Å². The Morgan fingerprint density at radius 3 is 2.34 bits per heavy atom. The second-order valence-electron chi connectivity index (χ2n) is 13.1. The average Bonchev–Trinajstić information content (AvgIpc) is 3.42. The topological polar surface area (TPSA) is 25.6 Å². The monoisotopic (exact) mass is 600 g/mol. The van der Waals surface area contributed by atoms with Crippen LogP contribution in [0, 0.1) is 5.82 Å². The van der Waals surface area contributed by atoms with E-state index >= 15 is 4.39 Å². The van der Waals surface area contributed by atoms with Crippen LogP contribution in [0.5, 0.6) is 0 Å². The fourth-order valence-electron chi connectivity index (χ4n) is 8.36. The Hall–Kier alpha value is -4.07. The molecule has 2 aromatic carbocycles. The van der Waals surface area contributed by atoms with Crippen molar-refractivity contribution in [1.29, 1.82) is 0 Å². The molecule has 8 heteroatoms. The van der Waals surface area contributed by atoms with E-state index in [-0.39, 0.29) is 12.4 Å². The second-order valence-corrected chi connectivity index (χ2v) is 13.1. The number of hydrogen-bond acceptors (Lipinski definition) is 1. The fourth-order valence-corrected chi connectivity index (χ4v) is 8.36. The molecule has 0 amide bonds. The van der Waals surface area contributed by atoms with E-state index in [4.69, 9.17) is 0 Å². The van der Waals surface area contributed by atoms with E-state index < -0.39 is 28.2 Å². The van der Waals surface area contributed by atoms with Crippen molar-refractivity contribution in [3.63, 3.8) is 0 Å². The van der Waals surface area contributed by atoms with Gasteiger partial charge in [-0.25, -0.2) is 4.39 Å². The molecular weight excluding hydrogens is 564 g/mol. The Kier molecular flexibility index (Phi) is 6.01. The van der Waals surface area contributed by atoms with Gasteiger partial charge in [0.2, 0.25) is 11.4 Å². The van der Waals surface area contributed by atoms with Crippen LogP contribution in [0.1, 0.15) is 69.8 Å². The van der Waals surface area contributed by atoms with Crippen molar-refractivity contribution in [1.82, 2.24) is 9.78 Å². The third kappa shape index (κ3) is 3.54. The second kappa shape index (κ2) is 9.22. The zero-order valence-corrected chi connectivity index (χ0v) is 25.9. The number of aromatic nitrogens is 4. The summed E-state index contributed by atoms with van der Waals surface area (Å²) in [5, 5.41) is 6.44. The van der Waals surface area contributed by atoms with E-state index in [2.05, 4.69) is 68.7 Å². The van der Waals surface area contributed by atoms with Crippen LogP contribution in [0.4, 0.5) is 17.6 Å². The normalized spacial score (nSPS) is 21.6. The molecule has 44 heavy (non-hydrogen) atoms. The van der Waals surface area contributed by atoms with Crippen LogP contribution >= 0.6 is 0 Å². The van der Waals surface area contributed by atoms with Crippen LogP contribution in [0.3, 0.4) is 0 Å². The van der Waals surface area contributed by atoms with Gasteiger partial charge in [0, 0.05) is 48.6 Å². The minimum Gasteiger partial charge on any atom is -0.257 e. The number of hydrogen-bond donors (Lipinski definition) is 0. The minimum absolute atomic E-state index is 0.179. The number of pyridine rings is 2. The summed E-state index contributed by atoms with van der Waals surface area (Å²) < 4.78 is 64.4. The van der Waals surface area contributed by atoms with Crippen molar-refractivity contribution in [3.8, 4) is 22.6 Å². The molecule has 0 saturated carbocycles. The van der Waals surface area contributed by atoms with Gasteiger partial charge in [-0.2, -0.15) is 27.4 Å². The summed E-state index contributed by atoms with van der Waals surface area (Å²) >= 11 is 0. The summed E-state index contributed by atoms with van der Waals surface area (Å²) in [6, 6.07) is 18.4. The molecule has 2 atom stereocenters. The Labute approximate surface area is 254 Å². The van der Waals surface area contributed by atoms with Crippen LogP contribution in [-0.4, -0.2) is 9.78 Å². The maximum absolute atomic E-state index is 16.1. The number of rotatable bonds is 5. The number of benzene rings is 2. The van der Waals surface area contributed by atoms with Gasteiger partial charge in [0.05, 0.1) is 22.9 Å². The molecule has 0 spiro atoms. The van der Waals surface area contributed by atoms with Gasteiger partial charge in [0.1, 0.15) is 18.6 Å². The van der Waals surface area contributed by atoms with E-state index in [1.807, 2.05) is 48.1 Å². The number of halogens is 4. The van der Waals surface area contributed by atoms with Gasteiger partial charge in [0.25, 0.3) is 0 Å². The van der Waals surface area contributed by atoms with Crippen molar-refractivity contribution in [2.45, 2.75) is 76.6 Å². The van der Waals surface area contributed by atoms with Gasteiger partial charge in [-0.1, -0.05) is 52.0 Å². The third-order valence-electron chi connectivity index (χ3n) is 10.8. The van der Waals surface area contributed by atoms with Crippen LogP contribution in [0.25, 0.3) is 33.4 Å². The summed E-state index contributed by atoms with van der Waals surface area (Å²) in [5.74, 6) is -0.271. The summed E-state index contributed by atoms with van der Waals surface area (Å²) in [5.41, 5.74) is 2.67. The van der Waals surface area contributed by atoms with E-state index in [0.717, 1.165) is 39.2 Å². The van der Waals surface area contributed by atoms with Crippen molar-refractivity contribution in [2.75, 3.05) is 0 Å². The van der Waals surface area contributed by atoms with Gasteiger partial charge in [-0.3, -0.25) is 4.68 Å². The molecule has 0 radical (unpaired) electrons. The average molecular weight is 601 g/mol. The predicted octanol–water partition coefficient (Wildman–Crippen LogP) is 7.77. The third-order valence-corrected chi connectivity index (χ3v) is 10.8. The molecule has 0 saturated heterocycles. The highest BCUT2D eigenvalue weighted by Crippen LogP contribution is 2.58. The first kappa shape index (κ1) is 28.7. The van der Waals surface area contributed by atoms with Gasteiger partial charge < -0.3 is 0 Å². The lowest BCUT2D eigenvalue weighted by Crippen LogP contribution is -2.70. The van der Waals surface area contributed by atoms with Crippen LogP contribution < -0.4 is 9.13 Å². The van der Waals surface area contributed by atoms with E-state index in [1.54, 1.807) is 6.07 Å². The van der Waals surface area contributed by atoms with E-state index in [1.165, 1.54) is 4.68 Å². The van der Waals surface area contributed by atoms with Gasteiger partial charge in [-0.05, 0) is 35.1 Å². The zero-order chi connectivity index (χ0) is 31.4. The Bertz CT molecular complexity index is 1990. The molecule has 1 aliphatic heterocycles. The van der Waals surface area contributed by atoms with Crippen molar-refractivity contribution in [2.24, 2.45) is 7.05 Å². The van der Waals surface area contributed by atoms with Crippen LogP contribution in [0.2, 0.25) is 0 Å². The fraction of sp³-hybridized carbons (Fsp3) is 0.361. The lowest BCUT2D eigenvalue weighted by atomic mass is 9.56. The number of nitrogens with zero attached hydrogens (tertiary/aromatic N) is 4. The van der Waals surface area contributed by atoms with Gasteiger partial charge in [0.15, 0.2) is 23.6 Å². The van der Waals surface area contributed by atoms with Crippen LogP contribution in [-0.2, 0) is 36.1 Å². The standard InChI is InChI=1S/C36H36F4N4/c1-7-34(5)35(8-2,21-44-27(20-28(41-44)36(38,39)40)26-14-9-10-18-42(26)6)24-15-16-25(37)31-30(24)32-29-22(17-19-43(32)34)12-11-13-23(29)33(31,3)4/h9-20H,7-8,21H2,1-6H3/q+2. The molecule has 0 N–H and O–H groups in total. The molecule has 7 rings (SSSR count). The summed E-state index contributed by atoms with van der Waals surface area (Å²) in [7, 11) is 1.82. The number of aryl methyl sites for hydroxylation is 1. The molecule has 4 nitrogen and oxygen atoms in total. The van der Waals surface area contributed by atoms with Gasteiger partial charge >= 0.3 is 6.18 Å². The first-order valence-electron chi connectivity index (χ1n) is 15.2. The largest absolute Gasteiger partial charge is 0.435 e. The highest BCUT2D eigenvalue weighted by Gasteiger charge is 2.62. The maximum Gasteiger partial charge on any atom is 0.435 e. The molecule has 4 heterocycles. The maximum atomic E-state index is 16.1. The van der Waals surface area contributed by atoms with Crippen molar-refractivity contribution in [3.05, 3.63) is 101 Å². The highest BCUT2D eigenvalue weighted by molar-refractivity contribution is 6.01. The Morgan fingerprint density at radius 1 is 0.886 bits per heavy atom. The van der Waals surface area contributed by atoms with Gasteiger partial charge in [-0.15, -0.1) is 0 Å². The minimum atomic E-state index is -4.61. The lowest BCUT2D eigenvalue weighted by Gasteiger charge is -2.50. The molecule has 2 unspecified atom stereocenters. The molecule has 0 bridgehead atoms. The first-order valence-corrected chi connectivity index (χ1v) is 15.2. The van der Waals surface area contributed by atoms with Crippen molar-refractivity contribution >= 4 is 10.8 Å². The first-order chi connectivity index (χ1) is 20.8. The molecule has 2 aliphatic rings. The SMILES string of the molecule is CCC1(Cn2nc(C(F)(F)F)cc2-c2cccc[n+]2C)c2ccc(F)c3c2-c2c4c(cccc4cc[n+]2C1(C)CC)C3(C)C. The molecule has 5 aromatic rings. The zero-order valence-electron chi connectivity index (χ0n) is 25.9. The molecule has 0 fully saturated rings. The number of alkyl halides is 3. The smallest absolute Gasteiger partial charge is 0.257 e. The van der Waals surface area contributed by atoms with Crippen LogP contribution in [0.15, 0.2) is 73.1 Å². The highest BCUT2D eigenvalue weighted by atomic mass is 19.4. The summed E-state index contributed by atoms with van der Waals surface area (Å²) in [6.07, 6.45) is 0.601. The Morgan fingerprint density at radius 2 is 1.66 bits per heavy atom. The molecular formula is C36H36F4N4+2. The lowest BCUT2D eigenvalue weighted by molar-refractivity contribution is -0.765. The predicted molar refractivity (Wildman–Crippen MR) is 161 cm³/mol.